The van der Waals surface area contributed by atoms with E-state index in [0.717, 1.165) is 49.8 Å². The van der Waals surface area contributed by atoms with Gasteiger partial charge in [0.25, 0.3) is 0 Å². The number of rotatable bonds is 7. The fourth-order valence-electron chi connectivity index (χ4n) is 3.23. The predicted octanol–water partition coefficient (Wildman–Crippen LogP) is 3.56. The molecule has 0 aromatic heterocycles. The van der Waals surface area contributed by atoms with Gasteiger partial charge in [0, 0.05) is 32.7 Å². The van der Waals surface area contributed by atoms with Crippen molar-refractivity contribution in [1.29, 1.82) is 0 Å². The topological polar surface area (TPSA) is 33.7 Å². The summed E-state index contributed by atoms with van der Waals surface area (Å²) < 4.78 is 11.5. The second-order valence-electron chi connectivity index (χ2n) is 6.29. The fourth-order valence-corrected chi connectivity index (χ4v) is 3.23. The molecule has 0 unspecified atom stereocenters. The smallest absolute Gasteiger partial charge is 0.120 e. The molecule has 1 N–H and O–H groups in total. The molecule has 0 radical (unpaired) electrons. The first-order valence-electron chi connectivity index (χ1n) is 9.21. The van der Waals surface area contributed by atoms with E-state index < -0.39 is 0 Å². The molecule has 2 aromatic rings. The van der Waals surface area contributed by atoms with Crippen LogP contribution < -0.4 is 14.8 Å². The van der Waals surface area contributed by atoms with E-state index in [-0.39, 0.29) is 0 Å². The van der Waals surface area contributed by atoms with Crippen LogP contribution in [-0.2, 0) is 6.54 Å². The van der Waals surface area contributed by atoms with Crippen LogP contribution in [0.5, 0.6) is 11.5 Å². The highest BCUT2D eigenvalue weighted by atomic mass is 16.5. The zero-order chi connectivity index (χ0) is 17.5. The number of ether oxygens (including phenoxy) is 2. The number of hydrogen-bond donors (Lipinski definition) is 1. The maximum atomic E-state index is 5.81. The van der Waals surface area contributed by atoms with E-state index in [9.17, 15) is 0 Å². The summed E-state index contributed by atoms with van der Waals surface area (Å²) in [7, 11) is 0. The second-order valence-corrected chi connectivity index (χ2v) is 6.29. The van der Waals surface area contributed by atoms with Crippen molar-refractivity contribution in [2.24, 2.45) is 0 Å². The Kier molecular flexibility index (Phi) is 6.31. The van der Waals surface area contributed by atoms with Gasteiger partial charge < -0.3 is 14.8 Å². The summed E-state index contributed by atoms with van der Waals surface area (Å²) in [5, 5.41) is 3.41. The Morgan fingerprint density at radius 3 is 2.36 bits per heavy atom. The molecule has 25 heavy (non-hydrogen) atoms. The van der Waals surface area contributed by atoms with Crippen molar-refractivity contribution < 1.29 is 9.47 Å². The van der Waals surface area contributed by atoms with Gasteiger partial charge in [-0.2, -0.15) is 0 Å². The Morgan fingerprint density at radius 1 is 0.880 bits per heavy atom. The molecule has 0 saturated carbocycles. The van der Waals surface area contributed by atoms with Crippen LogP contribution in [0.25, 0.3) is 11.1 Å². The molecule has 1 aliphatic heterocycles. The molecule has 0 amide bonds. The predicted molar refractivity (Wildman–Crippen MR) is 102 cm³/mol. The molecule has 3 rings (SSSR count). The van der Waals surface area contributed by atoms with Crippen molar-refractivity contribution in [2.45, 2.75) is 20.4 Å². The normalized spacial score (nSPS) is 15.1. The highest BCUT2D eigenvalue weighted by Crippen LogP contribution is 2.29. The van der Waals surface area contributed by atoms with Gasteiger partial charge in [0.05, 0.1) is 13.2 Å². The summed E-state index contributed by atoms with van der Waals surface area (Å²) in [4.78, 5) is 2.49. The monoisotopic (exact) mass is 340 g/mol. The molecule has 4 heteroatoms. The number of hydrogen-bond acceptors (Lipinski definition) is 4. The quantitative estimate of drug-likeness (QED) is 0.836. The first-order valence-corrected chi connectivity index (χ1v) is 9.21. The highest BCUT2D eigenvalue weighted by molar-refractivity contribution is 5.67. The third-order valence-corrected chi connectivity index (χ3v) is 4.37. The largest absolute Gasteiger partial charge is 0.494 e. The van der Waals surface area contributed by atoms with Gasteiger partial charge >= 0.3 is 0 Å². The van der Waals surface area contributed by atoms with Crippen LogP contribution in [0.1, 0.15) is 19.4 Å². The maximum absolute atomic E-state index is 5.81. The van der Waals surface area contributed by atoms with Crippen LogP contribution in [0.15, 0.2) is 42.5 Å². The van der Waals surface area contributed by atoms with Crippen LogP contribution in [0.3, 0.4) is 0 Å². The Hall–Kier alpha value is -2.04. The van der Waals surface area contributed by atoms with Gasteiger partial charge in [-0.25, -0.2) is 0 Å². The lowest BCUT2D eigenvalue weighted by atomic mass is 10.0. The Morgan fingerprint density at radius 2 is 1.60 bits per heavy atom. The summed E-state index contributed by atoms with van der Waals surface area (Å²) in [6.45, 7) is 10.7. The molecule has 0 spiro atoms. The standard InChI is InChI=1S/C21H28N2O2/c1-3-24-20-7-5-6-18(14-20)19-12-17(13-21(15-19)25-4-2)16-23-10-8-22-9-11-23/h5-7,12-15,22H,3-4,8-11,16H2,1-2H3. The molecular weight excluding hydrogens is 312 g/mol. The molecule has 134 valence electrons. The van der Waals surface area contributed by atoms with Crippen molar-refractivity contribution in [3.8, 4) is 22.6 Å². The number of piperazine rings is 1. The van der Waals surface area contributed by atoms with Crippen molar-refractivity contribution in [2.75, 3.05) is 39.4 Å². The van der Waals surface area contributed by atoms with Gasteiger partial charge in [-0.3, -0.25) is 4.90 Å². The van der Waals surface area contributed by atoms with E-state index >= 15 is 0 Å². The van der Waals surface area contributed by atoms with E-state index in [4.69, 9.17) is 9.47 Å². The Balaban J connectivity index is 1.88. The van der Waals surface area contributed by atoms with E-state index in [1.165, 1.54) is 11.1 Å². The van der Waals surface area contributed by atoms with Gasteiger partial charge in [-0.05, 0) is 60.9 Å². The van der Waals surface area contributed by atoms with Crippen LogP contribution in [0.2, 0.25) is 0 Å². The highest BCUT2D eigenvalue weighted by Gasteiger charge is 2.12. The second kappa shape index (κ2) is 8.88. The minimum atomic E-state index is 0.676. The summed E-state index contributed by atoms with van der Waals surface area (Å²) >= 11 is 0. The van der Waals surface area contributed by atoms with Crippen LogP contribution in [0.4, 0.5) is 0 Å². The third-order valence-electron chi connectivity index (χ3n) is 4.37. The first-order chi connectivity index (χ1) is 12.3. The Labute approximate surface area is 150 Å². The summed E-state index contributed by atoms with van der Waals surface area (Å²) in [5.74, 6) is 1.84. The van der Waals surface area contributed by atoms with E-state index in [1.807, 2.05) is 26.0 Å². The molecule has 0 bridgehead atoms. The molecule has 1 fully saturated rings. The van der Waals surface area contributed by atoms with Crippen LogP contribution in [0, 0.1) is 0 Å². The molecule has 1 aliphatic rings. The summed E-state index contributed by atoms with van der Waals surface area (Å²) in [6, 6.07) is 14.8. The van der Waals surface area contributed by atoms with Crippen LogP contribution >= 0.6 is 0 Å². The SMILES string of the molecule is CCOc1cccc(-c2cc(CN3CCNCC3)cc(OCC)c2)c1. The van der Waals surface area contributed by atoms with Crippen LogP contribution in [-0.4, -0.2) is 44.3 Å². The molecular formula is C21H28N2O2. The molecule has 1 saturated heterocycles. The third kappa shape index (κ3) is 4.97. The zero-order valence-corrected chi connectivity index (χ0v) is 15.3. The summed E-state index contributed by atoms with van der Waals surface area (Å²) in [5.41, 5.74) is 3.64. The minimum Gasteiger partial charge on any atom is -0.494 e. The molecule has 2 aromatic carbocycles. The van der Waals surface area contributed by atoms with E-state index in [2.05, 4.69) is 40.5 Å². The number of benzene rings is 2. The van der Waals surface area contributed by atoms with Gasteiger partial charge in [0.2, 0.25) is 0 Å². The molecule has 1 heterocycles. The minimum absolute atomic E-state index is 0.676. The average molecular weight is 340 g/mol. The van der Waals surface area contributed by atoms with Gasteiger partial charge in [-0.1, -0.05) is 12.1 Å². The van der Waals surface area contributed by atoms with Gasteiger partial charge in [-0.15, -0.1) is 0 Å². The maximum Gasteiger partial charge on any atom is 0.120 e. The number of nitrogens with one attached hydrogen (secondary N) is 1. The van der Waals surface area contributed by atoms with E-state index in [0.29, 0.717) is 13.2 Å². The average Bonchev–Trinajstić information content (AvgIpc) is 2.63. The lowest BCUT2D eigenvalue weighted by Crippen LogP contribution is -2.42. The van der Waals surface area contributed by atoms with Gasteiger partial charge in [0.1, 0.15) is 11.5 Å². The van der Waals surface area contributed by atoms with E-state index in [1.54, 1.807) is 0 Å². The summed E-state index contributed by atoms with van der Waals surface area (Å²) in [6.07, 6.45) is 0. The Bertz CT molecular complexity index is 681. The first kappa shape index (κ1) is 17.8. The lowest BCUT2D eigenvalue weighted by molar-refractivity contribution is 0.233. The van der Waals surface area contributed by atoms with Crippen molar-refractivity contribution in [3.63, 3.8) is 0 Å². The van der Waals surface area contributed by atoms with Gasteiger partial charge in [0.15, 0.2) is 0 Å². The lowest BCUT2D eigenvalue weighted by Gasteiger charge is -2.27. The fraction of sp³-hybridized carbons (Fsp3) is 0.429. The van der Waals surface area contributed by atoms with Crippen molar-refractivity contribution >= 4 is 0 Å². The molecule has 0 aliphatic carbocycles. The molecule has 0 atom stereocenters. The van der Waals surface area contributed by atoms with Crippen molar-refractivity contribution in [1.82, 2.24) is 10.2 Å². The number of nitrogens with zero attached hydrogens (tertiary/aromatic N) is 1. The zero-order valence-electron chi connectivity index (χ0n) is 15.3. The molecule has 4 nitrogen and oxygen atoms in total. The van der Waals surface area contributed by atoms with Crippen molar-refractivity contribution in [3.05, 3.63) is 48.0 Å².